The molecule has 0 N–H and O–H groups in total. The fourth-order valence-corrected chi connectivity index (χ4v) is 2.04. The normalized spacial score (nSPS) is 23.7. The zero-order chi connectivity index (χ0) is 8.43. The smallest absolute Gasteiger partial charge is 0.00215 e. The third-order valence-electron chi connectivity index (χ3n) is 2.74. The maximum Gasteiger partial charge on any atom is 0.00215 e. The Labute approximate surface area is 70.8 Å². The maximum absolute atomic E-state index is 2.40. The second-order valence-corrected chi connectivity index (χ2v) is 4.59. The summed E-state index contributed by atoms with van der Waals surface area (Å²) >= 11 is 0. The van der Waals surface area contributed by atoms with Crippen molar-refractivity contribution >= 4 is 0 Å². The minimum absolute atomic E-state index is 0.871. The molecule has 1 atom stereocenters. The van der Waals surface area contributed by atoms with Crippen LogP contribution in [0.1, 0.15) is 27.2 Å². The Balaban J connectivity index is 2.16. The van der Waals surface area contributed by atoms with E-state index in [0.29, 0.717) is 0 Å². The number of nitrogens with zero attached hydrogens (tertiary/aromatic N) is 1. The summed E-state index contributed by atoms with van der Waals surface area (Å²) in [6.45, 7) is 9.69. The van der Waals surface area contributed by atoms with Crippen molar-refractivity contribution in [3.05, 3.63) is 0 Å². The van der Waals surface area contributed by atoms with Crippen LogP contribution in [0.2, 0.25) is 0 Å². The van der Waals surface area contributed by atoms with E-state index in [-0.39, 0.29) is 0 Å². The molecule has 0 aromatic heterocycles. The van der Waals surface area contributed by atoms with Crippen LogP contribution in [-0.2, 0) is 0 Å². The molecule has 0 unspecified atom stereocenters. The third-order valence-corrected chi connectivity index (χ3v) is 2.74. The van der Waals surface area contributed by atoms with Gasteiger partial charge in [-0.15, -0.1) is 0 Å². The predicted molar refractivity (Wildman–Crippen MR) is 49.6 cm³/mol. The van der Waals surface area contributed by atoms with Crippen LogP contribution in [0.3, 0.4) is 0 Å². The highest BCUT2D eigenvalue weighted by Crippen LogP contribution is 2.26. The summed E-state index contributed by atoms with van der Waals surface area (Å²) in [6, 6.07) is 0. The van der Waals surface area contributed by atoms with E-state index < -0.39 is 0 Å². The van der Waals surface area contributed by atoms with E-state index in [1.54, 1.807) is 0 Å². The Morgan fingerprint density at radius 2 is 1.82 bits per heavy atom. The molecule has 1 saturated heterocycles. The van der Waals surface area contributed by atoms with Crippen LogP contribution in [0.25, 0.3) is 0 Å². The molecule has 1 rings (SSSR count). The molecule has 0 aromatic carbocycles. The highest BCUT2D eigenvalue weighted by Gasteiger charge is 2.28. The highest BCUT2D eigenvalue weighted by atomic mass is 15.2. The molecular formula is C10H21N. The molecule has 1 heterocycles. The zero-order valence-corrected chi connectivity index (χ0v) is 8.30. The summed E-state index contributed by atoms with van der Waals surface area (Å²) in [4.78, 5) is 2.40. The van der Waals surface area contributed by atoms with Crippen molar-refractivity contribution in [2.75, 3.05) is 20.1 Å². The SMILES string of the molecule is CC(C)C[C@@H](C)C1CN(C)C1. The average molecular weight is 155 g/mol. The van der Waals surface area contributed by atoms with Crippen LogP contribution in [0.5, 0.6) is 0 Å². The molecule has 0 saturated carbocycles. The molecule has 1 aliphatic heterocycles. The fourth-order valence-electron chi connectivity index (χ4n) is 2.04. The van der Waals surface area contributed by atoms with E-state index >= 15 is 0 Å². The van der Waals surface area contributed by atoms with E-state index in [1.165, 1.54) is 19.5 Å². The predicted octanol–water partition coefficient (Wildman–Crippen LogP) is 2.23. The number of hydrogen-bond donors (Lipinski definition) is 0. The Kier molecular flexibility index (Phi) is 2.94. The molecule has 1 fully saturated rings. The molecule has 0 bridgehead atoms. The van der Waals surface area contributed by atoms with Gasteiger partial charge >= 0.3 is 0 Å². The summed E-state index contributed by atoms with van der Waals surface area (Å²) in [5.41, 5.74) is 0. The van der Waals surface area contributed by atoms with E-state index in [0.717, 1.165) is 17.8 Å². The van der Waals surface area contributed by atoms with Gasteiger partial charge in [-0.05, 0) is 31.2 Å². The summed E-state index contributed by atoms with van der Waals surface area (Å²) in [5.74, 6) is 2.80. The molecule has 66 valence electrons. The van der Waals surface area contributed by atoms with Crippen molar-refractivity contribution in [3.63, 3.8) is 0 Å². The average Bonchev–Trinajstić information content (AvgIpc) is 1.79. The lowest BCUT2D eigenvalue weighted by molar-refractivity contribution is 0.0809. The van der Waals surface area contributed by atoms with Crippen molar-refractivity contribution in [3.8, 4) is 0 Å². The van der Waals surface area contributed by atoms with Crippen LogP contribution < -0.4 is 0 Å². The Morgan fingerprint density at radius 1 is 1.27 bits per heavy atom. The first-order chi connectivity index (χ1) is 5.09. The van der Waals surface area contributed by atoms with Gasteiger partial charge in [-0.3, -0.25) is 0 Å². The van der Waals surface area contributed by atoms with Crippen LogP contribution >= 0.6 is 0 Å². The van der Waals surface area contributed by atoms with Gasteiger partial charge in [-0.1, -0.05) is 20.8 Å². The molecule has 0 spiro atoms. The van der Waals surface area contributed by atoms with Crippen LogP contribution in [0.15, 0.2) is 0 Å². The second kappa shape index (κ2) is 3.57. The Bertz CT molecular complexity index is 114. The molecule has 11 heavy (non-hydrogen) atoms. The first kappa shape index (κ1) is 9.05. The lowest BCUT2D eigenvalue weighted by Crippen LogP contribution is -2.46. The Hall–Kier alpha value is -0.0400. The molecule has 0 radical (unpaired) electrons. The van der Waals surface area contributed by atoms with Gasteiger partial charge in [0.25, 0.3) is 0 Å². The quantitative estimate of drug-likeness (QED) is 0.604. The molecule has 0 aromatic rings. The largest absolute Gasteiger partial charge is 0.306 e. The number of rotatable bonds is 3. The van der Waals surface area contributed by atoms with Gasteiger partial charge in [-0.2, -0.15) is 0 Å². The van der Waals surface area contributed by atoms with Crippen molar-refractivity contribution in [1.29, 1.82) is 0 Å². The summed E-state index contributed by atoms with van der Waals surface area (Å²) in [7, 11) is 2.21. The van der Waals surface area contributed by atoms with Crippen LogP contribution in [0, 0.1) is 17.8 Å². The van der Waals surface area contributed by atoms with Gasteiger partial charge in [-0.25, -0.2) is 0 Å². The van der Waals surface area contributed by atoms with Crippen molar-refractivity contribution in [1.82, 2.24) is 4.90 Å². The van der Waals surface area contributed by atoms with Gasteiger partial charge in [0.15, 0.2) is 0 Å². The van der Waals surface area contributed by atoms with E-state index in [4.69, 9.17) is 0 Å². The lowest BCUT2D eigenvalue weighted by Gasteiger charge is -2.40. The van der Waals surface area contributed by atoms with E-state index in [1.807, 2.05) is 0 Å². The number of hydrogen-bond acceptors (Lipinski definition) is 1. The lowest BCUT2D eigenvalue weighted by atomic mass is 9.82. The summed E-state index contributed by atoms with van der Waals surface area (Å²) in [5, 5.41) is 0. The summed E-state index contributed by atoms with van der Waals surface area (Å²) in [6.07, 6.45) is 1.40. The minimum atomic E-state index is 0.871. The van der Waals surface area contributed by atoms with Crippen molar-refractivity contribution < 1.29 is 0 Å². The standard InChI is InChI=1S/C10H21N/c1-8(2)5-9(3)10-6-11(4)7-10/h8-10H,5-7H2,1-4H3/t9-/m1/s1. The topological polar surface area (TPSA) is 3.24 Å². The number of likely N-dealkylation sites (tertiary alicyclic amines) is 1. The molecule has 0 aliphatic carbocycles. The van der Waals surface area contributed by atoms with E-state index in [9.17, 15) is 0 Å². The first-order valence-electron chi connectivity index (χ1n) is 4.78. The molecule has 1 heteroatoms. The molecular weight excluding hydrogens is 134 g/mol. The summed E-state index contributed by atoms with van der Waals surface area (Å²) < 4.78 is 0. The van der Waals surface area contributed by atoms with Gasteiger partial charge in [0.1, 0.15) is 0 Å². The maximum atomic E-state index is 2.40. The molecule has 0 amide bonds. The van der Waals surface area contributed by atoms with Gasteiger partial charge in [0.05, 0.1) is 0 Å². The fraction of sp³-hybridized carbons (Fsp3) is 1.00. The van der Waals surface area contributed by atoms with Crippen molar-refractivity contribution in [2.45, 2.75) is 27.2 Å². The van der Waals surface area contributed by atoms with E-state index in [2.05, 4.69) is 32.7 Å². The minimum Gasteiger partial charge on any atom is -0.306 e. The van der Waals surface area contributed by atoms with Gasteiger partial charge < -0.3 is 4.90 Å². The Morgan fingerprint density at radius 3 is 2.18 bits per heavy atom. The molecule has 1 aliphatic rings. The van der Waals surface area contributed by atoms with Gasteiger partial charge in [0.2, 0.25) is 0 Å². The third kappa shape index (κ3) is 2.48. The highest BCUT2D eigenvalue weighted by molar-refractivity contribution is 4.81. The van der Waals surface area contributed by atoms with Crippen LogP contribution in [0.4, 0.5) is 0 Å². The van der Waals surface area contributed by atoms with Crippen LogP contribution in [-0.4, -0.2) is 25.0 Å². The second-order valence-electron chi connectivity index (χ2n) is 4.59. The zero-order valence-electron chi connectivity index (χ0n) is 8.30. The monoisotopic (exact) mass is 155 g/mol. The first-order valence-corrected chi connectivity index (χ1v) is 4.78. The van der Waals surface area contributed by atoms with Gasteiger partial charge in [0, 0.05) is 13.1 Å². The molecule has 1 nitrogen and oxygen atoms in total. The van der Waals surface area contributed by atoms with Crippen molar-refractivity contribution in [2.24, 2.45) is 17.8 Å².